The van der Waals surface area contributed by atoms with Gasteiger partial charge in [-0.1, -0.05) is 54.1 Å². The van der Waals surface area contributed by atoms with Crippen LogP contribution in [0.4, 0.5) is 0 Å². The molecule has 23 heavy (non-hydrogen) atoms. The lowest BCUT2D eigenvalue weighted by molar-refractivity contribution is -0.324. The molecule has 2 aromatic rings. The number of rotatable bonds is 5. The molecule has 0 aliphatic heterocycles. The fraction of sp³-hybridized carbons (Fsp3) is 0.111. The molecule has 0 bridgehead atoms. The topological polar surface area (TPSA) is 77.4 Å². The Morgan fingerprint density at radius 1 is 1.13 bits per heavy atom. The number of hydrogen-bond donors (Lipinski definition) is 1. The van der Waals surface area contributed by atoms with E-state index in [0.717, 1.165) is 12.5 Å². The van der Waals surface area contributed by atoms with Crippen LogP contribution in [0.1, 0.15) is 28.4 Å². The minimum Gasteiger partial charge on any atom is -0.547 e. The summed E-state index contributed by atoms with van der Waals surface area (Å²) in [7, 11) is 0. The first-order chi connectivity index (χ1) is 10.8. The number of carboxylic acids is 1. The fourth-order valence-electron chi connectivity index (χ4n) is 2.07. The third kappa shape index (κ3) is 3.86. The van der Waals surface area contributed by atoms with E-state index in [2.05, 4.69) is 0 Å². The van der Waals surface area contributed by atoms with Gasteiger partial charge in [-0.3, -0.25) is 4.79 Å². The molecule has 0 fully saturated rings. The molecule has 0 radical (unpaired) electrons. The largest absolute Gasteiger partial charge is 0.547 e. The van der Waals surface area contributed by atoms with Gasteiger partial charge in [0, 0.05) is 16.1 Å². The first kappa shape index (κ1) is 16.9. The third-order valence-corrected chi connectivity index (χ3v) is 3.66. The van der Waals surface area contributed by atoms with E-state index in [1.54, 1.807) is 42.5 Å². The second kappa shape index (κ2) is 6.77. The Morgan fingerprint density at radius 3 is 2.35 bits per heavy atom. The quantitative estimate of drug-likeness (QED) is 0.674. The van der Waals surface area contributed by atoms with Gasteiger partial charge in [-0.2, -0.15) is 0 Å². The molecule has 0 aromatic heterocycles. The van der Waals surface area contributed by atoms with Gasteiger partial charge in [0.25, 0.3) is 0 Å². The number of benzene rings is 2. The molecule has 2 aromatic carbocycles. The molecule has 5 heteroatoms. The van der Waals surface area contributed by atoms with Crippen LogP contribution < -0.4 is 5.11 Å². The van der Waals surface area contributed by atoms with E-state index >= 15 is 0 Å². The molecule has 0 spiro atoms. The second-order valence-corrected chi connectivity index (χ2v) is 5.59. The van der Waals surface area contributed by atoms with Crippen LogP contribution in [-0.2, 0) is 10.4 Å². The molecular formula is C18H14ClO4-. The zero-order valence-corrected chi connectivity index (χ0v) is 13.1. The minimum atomic E-state index is -2.25. The summed E-state index contributed by atoms with van der Waals surface area (Å²) < 4.78 is 0. The Balaban J connectivity index is 2.33. The summed E-state index contributed by atoms with van der Waals surface area (Å²) >= 11 is 5.79. The predicted molar refractivity (Wildman–Crippen MR) is 85.8 cm³/mol. The van der Waals surface area contributed by atoms with Crippen LogP contribution in [-0.4, -0.2) is 16.9 Å². The number of aliphatic carboxylic acids is 1. The summed E-state index contributed by atoms with van der Waals surface area (Å²) in [6.45, 7) is 1.08. The van der Waals surface area contributed by atoms with E-state index in [1.807, 2.05) is 0 Å². The lowest BCUT2D eigenvalue weighted by atomic mass is 9.89. The molecular weight excluding hydrogens is 316 g/mol. The van der Waals surface area contributed by atoms with Crippen molar-refractivity contribution in [3.8, 4) is 0 Å². The van der Waals surface area contributed by atoms with Crippen LogP contribution in [0.25, 0.3) is 6.08 Å². The predicted octanol–water partition coefficient (Wildman–Crippen LogP) is 2.19. The first-order valence-electron chi connectivity index (χ1n) is 6.83. The van der Waals surface area contributed by atoms with Crippen molar-refractivity contribution in [2.45, 2.75) is 12.5 Å². The first-order valence-corrected chi connectivity index (χ1v) is 7.21. The Kier molecular flexibility index (Phi) is 4.98. The Hall–Kier alpha value is -2.43. The van der Waals surface area contributed by atoms with Gasteiger partial charge in [0.15, 0.2) is 5.78 Å². The van der Waals surface area contributed by atoms with Crippen molar-refractivity contribution in [1.82, 2.24) is 0 Å². The number of aliphatic hydroxyl groups is 1. The van der Waals surface area contributed by atoms with Gasteiger partial charge in [-0.15, -0.1) is 0 Å². The average Bonchev–Trinajstić information content (AvgIpc) is 2.54. The zero-order chi connectivity index (χ0) is 17.0. The highest BCUT2D eigenvalue weighted by Gasteiger charge is 2.28. The van der Waals surface area contributed by atoms with E-state index in [-0.39, 0.29) is 11.1 Å². The van der Waals surface area contributed by atoms with E-state index in [4.69, 9.17) is 11.6 Å². The van der Waals surface area contributed by atoms with Crippen molar-refractivity contribution >= 4 is 29.4 Å². The molecule has 0 saturated carbocycles. The van der Waals surface area contributed by atoms with E-state index in [1.165, 1.54) is 18.2 Å². The highest BCUT2D eigenvalue weighted by Crippen LogP contribution is 2.24. The molecule has 4 nitrogen and oxygen atoms in total. The normalized spacial score (nSPS) is 13.7. The molecule has 0 aliphatic carbocycles. The van der Waals surface area contributed by atoms with Crippen LogP contribution in [0, 0.1) is 0 Å². The second-order valence-electron chi connectivity index (χ2n) is 5.15. The number of ketones is 1. The van der Waals surface area contributed by atoms with Crippen LogP contribution in [0.3, 0.4) is 0 Å². The molecule has 0 saturated heterocycles. The maximum absolute atomic E-state index is 12.3. The molecule has 0 heterocycles. The number of carbonyl (C=O) groups is 2. The average molecular weight is 330 g/mol. The summed E-state index contributed by atoms with van der Waals surface area (Å²) in [4.78, 5) is 23.4. The molecule has 0 aliphatic rings. The zero-order valence-electron chi connectivity index (χ0n) is 12.3. The van der Waals surface area contributed by atoms with Gasteiger partial charge < -0.3 is 15.0 Å². The fourth-order valence-corrected chi connectivity index (χ4v) is 2.19. The molecule has 1 N–H and O–H groups in total. The minimum absolute atomic E-state index is 0.00856. The van der Waals surface area contributed by atoms with Gasteiger partial charge in [-0.05, 0) is 30.7 Å². The summed E-state index contributed by atoms with van der Waals surface area (Å²) in [5.41, 5.74) is -1.38. The van der Waals surface area contributed by atoms with E-state index in [9.17, 15) is 19.8 Å². The van der Waals surface area contributed by atoms with Gasteiger partial charge in [0.05, 0.1) is 5.97 Å². The van der Waals surface area contributed by atoms with Crippen molar-refractivity contribution < 1.29 is 19.8 Å². The van der Waals surface area contributed by atoms with Gasteiger partial charge in [0.1, 0.15) is 5.60 Å². The van der Waals surface area contributed by atoms with Crippen molar-refractivity contribution in [2.75, 3.05) is 0 Å². The van der Waals surface area contributed by atoms with Crippen molar-refractivity contribution in [3.63, 3.8) is 0 Å². The third-order valence-electron chi connectivity index (χ3n) is 3.41. The van der Waals surface area contributed by atoms with Crippen molar-refractivity contribution in [2.24, 2.45) is 0 Å². The number of carbonyl (C=O) groups excluding carboxylic acids is 2. The van der Waals surface area contributed by atoms with Gasteiger partial charge >= 0.3 is 0 Å². The number of halogens is 1. The highest BCUT2D eigenvalue weighted by molar-refractivity contribution is 6.30. The lowest BCUT2D eigenvalue weighted by Gasteiger charge is -2.26. The molecule has 118 valence electrons. The van der Waals surface area contributed by atoms with Crippen molar-refractivity contribution in [3.05, 3.63) is 76.3 Å². The summed E-state index contributed by atoms with van der Waals surface area (Å²) in [6, 6.07) is 12.9. The Bertz CT molecular complexity index is 761. The SMILES string of the molecule is CC(O)(C(=O)[O-])c1ccccc1C(=O)/C=C/c1ccc(Cl)cc1. The summed E-state index contributed by atoms with van der Waals surface area (Å²) in [5, 5.41) is 21.7. The van der Waals surface area contributed by atoms with Crippen LogP contribution in [0.2, 0.25) is 5.02 Å². The number of carboxylic acid groups (broad SMARTS) is 1. The summed E-state index contributed by atoms with van der Waals surface area (Å²) in [6.07, 6.45) is 2.90. The summed E-state index contributed by atoms with van der Waals surface area (Å²) in [5.74, 6) is -2.09. The van der Waals surface area contributed by atoms with Crippen LogP contribution >= 0.6 is 11.6 Å². The van der Waals surface area contributed by atoms with Gasteiger partial charge in [0.2, 0.25) is 0 Å². The number of allylic oxidation sites excluding steroid dienone is 1. The maximum Gasteiger partial charge on any atom is 0.186 e. The standard InChI is InChI=1S/C18H15ClO4/c1-18(23,17(21)22)15-5-3-2-4-14(15)16(20)11-8-12-6-9-13(19)10-7-12/h2-11,23H,1H3,(H,21,22)/p-1/b11-8+. The smallest absolute Gasteiger partial charge is 0.186 e. The molecule has 1 atom stereocenters. The monoisotopic (exact) mass is 329 g/mol. The van der Waals surface area contributed by atoms with E-state index in [0.29, 0.717) is 5.02 Å². The van der Waals surface area contributed by atoms with Crippen molar-refractivity contribution in [1.29, 1.82) is 0 Å². The van der Waals surface area contributed by atoms with Crippen LogP contribution in [0.15, 0.2) is 54.6 Å². The highest BCUT2D eigenvalue weighted by atomic mass is 35.5. The maximum atomic E-state index is 12.3. The molecule has 0 amide bonds. The lowest BCUT2D eigenvalue weighted by Crippen LogP contribution is -2.44. The van der Waals surface area contributed by atoms with Gasteiger partial charge in [-0.25, -0.2) is 0 Å². The Labute approximate surface area is 138 Å². The molecule has 2 rings (SSSR count). The molecule has 1 unspecified atom stereocenters. The van der Waals surface area contributed by atoms with E-state index < -0.39 is 17.4 Å². The Morgan fingerprint density at radius 2 is 1.74 bits per heavy atom. The number of hydrogen-bond acceptors (Lipinski definition) is 4. The van der Waals surface area contributed by atoms with Crippen LogP contribution in [0.5, 0.6) is 0 Å².